The SMILES string of the molecule is CCCCc1ccccc1-c1ccc(O)cc1. The van der Waals surface area contributed by atoms with Crippen LogP contribution in [-0.4, -0.2) is 5.11 Å². The Kier molecular flexibility index (Phi) is 3.81. The summed E-state index contributed by atoms with van der Waals surface area (Å²) in [5.41, 5.74) is 3.84. The van der Waals surface area contributed by atoms with Gasteiger partial charge in [0.1, 0.15) is 5.75 Å². The molecule has 0 saturated carbocycles. The quantitative estimate of drug-likeness (QED) is 0.819. The van der Waals surface area contributed by atoms with Gasteiger partial charge in [-0.2, -0.15) is 0 Å². The van der Waals surface area contributed by atoms with E-state index in [0.717, 1.165) is 6.42 Å². The first-order valence-electron chi connectivity index (χ1n) is 6.18. The molecule has 0 amide bonds. The van der Waals surface area contributed by atoms with E-state index in [9.17, 15) is 5.11 Å². The van der Waals surface area contributed by atoms with Crippen LogP contribution in [-0.2, 0) is 6.42 Å². The summed E-state index contributed by atoms with van der Waals surface area (Å²) in [7, 11) is 0. The summed E-state index contributed by atoms with van der Waals surface area (Å²) >= 11 is 0. The van der Waals surface area contributed by atoms with E-state index in [2.05, 4.69) is 31.2 Å². The number of aromatic hydroxyl groups is 1. The van der Waals surface area contributed by atoms with Crippen molar-refractivity contribution in [3.05, 3.63) is 54.1 Å². The van der Waals surface area contributed by atoms with Gasteiger partial charge in [-0.15, -0.1) is 0 Å². The first kappa shape index (κ1) is 11.7. The van der Waals surface area contributed by atoms with Crippen molar-refractivity contribution in [3.63, 3.8) is 0 Å². The Morgan fingerprint density at radius 2 is 1.65 bits per heavy atom. The first-order chi connectivity index (χ1) is 8.31. The summed E-state index contributed by atoms with van der Waals surface area (Å²) in [5.74, 6) is 0.319. The van der Waals surface area contributed by atoms with Crippen molar-refractivity contribution in [2.24, 2.45) is 0 Å². The van der Waals surface area contributed by atoms with Gasteiger partial charge in [-0.05, 0) is 41.7 Å². The zero-order valence-corrected chi connectivity index (χ0v) is 10.2. The van der Waals surface area contributed by atoms with E-state index in [4.69, 9.17) is 0 Å². The molecule has 0 saturated heterocycles. The van der Waals surface area contributed by atoms with Gasteiger partial charge in [0.2, 0.25) is 0 Å². The molecule has 0 aromatic heterocycles. The smallest absolute Gasteiger partial charge is 0.115 e. The molecular weight excluding hydrogens is 208 g/mol. The largest absolute Gasteiger partial charge is 0.508 e. The standard InChI is InChI=1S/C16H18O/c1-2-3-6-13-7-4-5-8-16(13)14-9-11-15(17)12-10-14/h4-5,7-12,17H,2-3,6H2,1H3. The summed E-state index contributed by atoms with van der Waals surface area (Å²) in [5, 5.41) is 9.31. The molecule has 2 aromatic rings. The lowest BCUT2D eigenvalue weighted by atomic mass is 9.96. The topological polar surface area (TPSA) is 20.2 Å². The number of phenols is 1. The van der Waals surface area contributed by atoms with E-state index < -0.39 is 0 Å². The minimum absolute atomic E-state index is 0.319. The number of rotatable bonds is 4. The second-order valence-corrected chi connectivity index (χ2v) is 4.31. The maximum Gasteiger partial charge on any atom is 0.115 e. The fourth-order valence-corrected chi connectivity index (χ4v) is 2.03. The fraction of sp³-hybridized carbons (Fsp3) is 0.250. The van der Waals surface area contributed by atoms with Crippen LogP contribution in [0.5, 0.6) is 5.75 Å². The zero-order chi connectivity index (χ0) is 12.1. The third-order valence-corrected chi connectivity index (χ3v) is 3.00. The van der Waals surface area contributed by atoms with E-state index in [1.807, 2.05) is 12.1 Å². The molecule has 17 heavy (non-hydrogen) atoms. The van der Waals surface area contributed by atoms with Gasteiger partial charge in [0.25, 0.3) is 0 Å². The zero-order valence-electron chi connectivity index (χ0n) is 10.2. The van der Waals surface area contributed by atoms with Crippen LogP contribution in [0.4, 0.5) is 0 Å². The van der Waals surface area contributed by atoms with Gasteiger partial charge < -0.3 is 5.11 Å². The van der Waals surface area contributed by atoms with Crippen molar-refractivity contribution in [2.75, 3.05) is 0 Å². The fourth-order valence-electron chi connectivity index (χ4n) is 2.03. The van der Waals surface area contributed by atoms with Gasteiger partial charge >= 0.3 is 0 Å². The number of phenolic OH excluding ortho intramolecular Hbond substituents is 1. The second-order valence-electron chi connectivity index (χ2n) is 4.31. The van der Waals surface area contributed by atoms with E-state index >= 15 is 0 Å². The normalized spacial score (nSPS) is 10.4. The molecule has 1 nitrogen and oxygen atoms in total. The van der Waals surface area contributed by atoms with Crippen LogP contribution in [0.3, 0.4) is 0 Å². The van der Waals surface area contributed by atoms with Gasteiger partial charge in [-0.25, -0.2) is 0 Å². The Morgan fingerprint density at radius 3 is 2.35 bits per heavy atom. The Labute approximate surface area is 103 Å². The summed E-state index contributed by atoms with van der Waals surface area (Å²) in [6.07, 6.45) is 3.55. The first-order valence-corrected chi connectivity index (χ1v) is 6.18. The lowest BCUT2D eigenvalue weighted by molar-refractivity contribution is 0.475. The number of hydrogen-bond acceptors (Lipinski definition) is 1. The molecule has 0 fully saturated rings. The Bertz CT molecular complexity index is 471. The Hall–Kier alpha value is -1.76. The van der Waals surface area contributed by atoms with Crippen molar-refractivity contribution in [1.82, 2.24) is 0 Å². The summed E-state index contributed by atoms with van der Waals surface area (Å²) < 4.78 is 0. The van der Waals surface area contributed by atoms with Crippen LogP contribution in [0.2, 0.25) is 0 Å². The van der Waals surface area contributed by atoms with Crippen molar-refractivity contribution in [3.8, 4) is 16.9 Å². The average molecular weight is 226 g/mol. The highest BCUT2D eigenvalue weighted by atomic mass is 16.3. The summed E-state index contributed by atoms with van der Waals surface area (Å²) in [6.45, 7) is 2.21. The molecule has 0 spiro atoms. The van der Waals surface area contributed by atoms with Crippen molar-refractivity contribution >= 4 is 0 Å². The molecule has 2 aromatic carbocycles. The minimum atomic E-state index is 0.319. The van der Waals surface area contributed by atoms with Crippen LogP contribution in [0.1, 0.15) is 25.3 Å². The second kappa shape index (κ2) is 5.53. The molecule has 1 N–H and O–H groups in total. The highest BCUT2D eigenvalue weighted by Crippen LogP contribution is 2.26. The van der Waals surface area contributed by atoms with Gasteiger partial charge in [0, 0.05) is 0 Å². The van der Waals surface area contributed by atoms with E-state index in [1.54, 1.807) is 12.1 Å². The number of benzene rings is 2. The summed E-state index contributed by atoms with van der Waals surface area (Å²) in [4.78, 5) is 0. The Balaban J connectivity index is 2.33. The number of unbranched alkanes of at least 4 members (excludes halogenated alkanes) is 1. The molecule has 1 heteroatoms. The Morgan fingerprint density at radius 1 is 0.941 bits per heavy atom. The van der Waals surface area contributed by atoms with Crippen molar-refractivity contribution in [2.45, 2.75) is 26.2 Å². The van der Waals surface area contributed by atoms with Crippen LogP contribution >= 0.6 is 0 Å². The molecule has 0 radical (unpaired) electrons. The van der Waals surface area contributed by atoms with Crippen LogP contribution in [0, 0.1) is 0 Å². The molecule has 0 atom stereocenters. The van der Waals surface area contributed by atoms with E-state index in [0.29, 0.717) is 5.75 Å². The van der Waals surface area contributed by atoms with Gasteiger partial charge in [-0.3, -0.25) is 0 Å². The van der Waals surface area contributed by atoms with Crippen molar-refractivity contribution < 1.29 is 5.11 Å². The van der Waals surface area contributed by atoms with Crippen LogP contribution in [0.25, 0.3) is 11.1 Å². The van der Waals surface area contributed by atoms with Crippen LogP contribution < -0.4 is 0 Å². The molecule has 2 rings (SSSR count). The monoisotopic (exact) mass is 226 g/mol. The summed E-state index contributed by atoms with van der Waals surface area (Å²) in [6, 6.07) is 15.9. The molecule has 0 aliphatic carbocycles. The molecule has 0 aliphatic heterocycles. The molecular formula is C16H18O. The predicted octanol–water partition coefficient (Wildman–Crippen LogP) is 4.40. The third-order valence-electron chi connectivity index (χ3n) is 3.00. The highest BCUT2D eigenvalue weighted by molar-refractivity contribution is 5.67. The predicted molar refractivity (Wildman–Crippen MR) is 72.2 cm³/mol. The van der Waals surface area contributed by atoms with E-state index in [1.165, 1.54) is 29.5 Å². The average Bonchev–Trinajstić information content (AvgIpc) is 2.38. The maximum absolute atomic E-state index is 9.31. The molecule has 0 bridgehead atoms. The number of hydrogen-bond donors (Lipinski definition) is 1. The van der Waals surface area contributed by atoms with Crippen LogP contribution in [0.15, 0.2) is 48.5 Å². The molecule has 0 aliphatic rings. The van der Waals surface area contributed by atoms with Gasteiger partial charge in [0.05, 0.1) is 0 Å². The lowest BCUT2D eigenvalue weighted by Gasteiger charge is -2.09. The third kappa shape index (κ3) is 2.88. The molecule has 88 valence electrons. The number of aryl methyl sites for hydroxylation is 1. The van der Waals surface area contributed by atoms with E-state index in [-0.39, 0.29) is 0 Å². The minimum Gasteiger partial charge on any atom is -0.508 e. The van der Waals surface area contributed by atoms with Crippen molar-refractivity contribution in [1.29, 1.82) is 0 Å². The lowest BCUT2D eigenvalue weighted by Crippen LogP contribution is -1.89. The van der Waals surface area contributed by atoms with Gasteiger partial charge in [-0.1, -0.05) is 49.7 Å². The molecule has 0 heterocycles. The molecule has 0 unspecified atom stereocenters. The van der Waals surface area contributed by atoms with Gasteiger partial charge in [0.15, 0.2) is 0 Å². The highest BCUT2D eigenvalue weighted by Gasteiger charge is 2.03. The maximum atomic E-state index is 9.31.